The highest BCUT2D eigenvalue weighted by molar-refractivity contribution is 8.77. The number of ether oxygens (including phenoxy) is 1. The number of nitrogens with zero attached hydrogens (tertiary/aromatic N) is 2. The lowest BCUT2D eigenvalue weighted by atomic mass is 10.1. The Bertz CT molecular complexity index is 1140. The summed E-state index contributed by atoms with van der Waals surface area (Å²) < 4.78 is 19.3. The second-order valence-corrected chi connectivity index (χ2v) is 10.6. The first kappa shape index (κ1) is 23.9. The number of hydrogen-bond donors (Lipinski definition) is 2. The molecule has 1 aliphatic rings. The van der Waals surface area contributed by atoms with Crippen molar-refractivity contribution in [3.05, 3.63) is 47.5 Å². The van der Waals surface area contributed by atoms with Crippen molar-refractivity contribution in [2.24, 2.45) is 5.92 Å². The molecule has 2 aromatic carbocycles. The highest BCUT2D eigenvalue weighted by Crippen LogP contribution is 2.37. The van der Waals surface area contributed by atoms with Crippen LogP contribution in [0.2, 0.25) is 5.02 Å². The number of halogens is 2. The lowest BCUT2D eigenvalue weighted by Gasteiger charge is -2.15. The first-order valence-corrected chi connectivity index (χ1v) is 13.6. The molecule has 0 radical (unpaired) electrons. The molecular weight excluding hydrogens is 483 g/mol. The number of carbonyl (C=O) groups is 1. The Balaban J connectivity index is 1.55. The normalized spacial score (nSPS) is 13.9. The molecule has 1 aliphatic heterocycles. The van der Waals surface area contributed by atoms with E-state index in [1.165, 1.54) is 30.0 Å². The molecule has 0 atom stereocenters. The standard InChI is InChI=1S/C23H24ClFN4O2S2/c1-2-31-21-10-19-16(9-20(21)29-22(30)5-3-4-14-11-32-33-12-14)23(27-13-26-19)28-15-6-7-18(25)17(24)8-15/h6-10,13-14H,2-5,11-12H2,1H3,(H,29,30)(H,26,27,28). The van der Waals surface area contributed by atoms with Crippen LogP contribution in [0.3, 0.4) is 0 Å². The van der Waals surface area contributed by atoms with Crippen molar-refractivity contribution in [3.63, 3.8) is 0 Å². The van der Waals surface area contributed by atoms with Gasteiger partial charge >= 0.3 is 0 Å². The van der Waals surface area contributed by atoms with Crippen LogP contribution < -0.4 is 15.4 Å². The van der Waals surface area contributed by atoms with E-state index in [1.807, 2.05) is 28.5 Å². The van der Waals surface area contributed by atoms with E-state index < -0.39 is 5.82 Å². The molecule has 1 fully saturated rings. The zero-order chi connectivity index (χ0) is 23.2. The number of amides is 1. The van der Waals surface area contributed by atoms with E-state index >= 15 is 0 Å². The summed E-state index contributed by atoms with van der Waals surface area (Å²) in [5.41, 5.74) is 1.80. The monoisotopic (exact) mass is 506 g/mol. The first-order valence-electron chi connectivity index (χ1n) is 10.7. The van der Waals surface area contributed by atoms with Crippen LogP contribution in [0.5, 0.6) is 5.75 Å². The predicted molar refractivity (Wildman–Crippen MR) is 136 cm³/mol. The Hall–Kier alpha value is -2.23. The van der Waals surface area contributed by atoms with Gasteiger partial charge in [0.1, 0.15) is 23.7 Å². The molecule has 33 heavy (non-hydrogen) atoms. The Morgan fingerprint density at radius 1 is 1.24 bits per heavy atom. The minimum absolute atomic E-state index is 0.0136. The van der Waals surface area contributed by atoms with Crippen LogP contribution in [0.25, 0.3) is 10.9 Å². The van der Waals surface area contributed by atoms with E-state index in [0.29, 0.717) is 52.8 Å². The minimum Gasteiger partial charge on any atom is -0.492 e. The van der Waals surface area contributed by atoms with E-state index in [2.05, 4.69) is 20.6 Å². The number of benzene rings is 2. The molecule has 6 nitrogen and oxygen atoms in total. The van der Waals surface area contributed by atoms with Crippen molar-refractivity contribution >= 4 is 67.2 Å². The molecule has 4 rings (SSSR count). The third-order valence-corrected chi connectivity index (χ3v) is 8.19. The number of carbonyl (C=O) groups excluding carboxylic acids is 1. The van der Waals surface area contributed by atoms with Gasteiger partial charge in [0, 0.05) is 35.1 Å². The van der Waals surface area contributed by atoms with Gasteiger partial charge in [-0.25, -0.2) is 14.4 Å². The van der Waals surface area contributed by atoms with E-state index in [4.69, 9.17) is 16.3 Å². The number of aromatic nitrogens is 2. The summed E-state index contributed by atoms with van der Waals surface area (Å²) >= 11 is 5.91. The molecule has 2 N–H and O–H groups in total. The quantitative estimate of drug-likeness (QED) is 0.313. The van der Waals surface area contributed by atoms with Gasteiger partial charge in [0.05, 0.1) is 22.8 Å². The van der Waals surface area contributed by atoms with Gasteiger partial charge in [-0.3, -0.25) is 4.79 Å². The van der Waals surface area contributed by atoms with E-state index in [0.717, 1.165) is 12.8 Å². The molecule has 174 valence electrons. The number of anilines is 3. The van der Waals surface area contributed by atoms with Crippen molar-refractivity contribution in [2.45, 2.75) is 26.2 Å². The van der Waals surface area contributed by atoms with Crippen molar-refractivity contribution in [1.29, 1.82) is 0 Å². The van der Waals surface area contributed by atoms with Crippen LogP contribution in [0, 0.1) is 11.7 Å². The Labute approximate surface area is 204 Å². The number of nitrogens with one attached hydrogen (secondary N) is 2. The zero-order valence-corrected chi connectivity index (χ0v) is 20.5. The maximum Gasteiger partial charge on any atom is 0.224 e. The van der Waals surface area contributed by atoms with Crippen LogP contribution in [0.1, 0.15) is 26.2 Å². The number of hydrogen-bond acceptors (Lipinski definition) is 7. The van der Waals surface area contributed by atoms with Gasteiger partial charge < -0.3 is 15.4 Å². The molecule has 2 heterocycles. The Kier molecular flexibility index (Phi) is 8.16. The van der Waals surface area contributed by atoms with Crippen molar-refractivity contribution < 1.29 is 13.9 Å². The molecule has 0 unspecified atom stereocenters. The third-order valence-electron chi connectivity index (χ3n) is 5.20. The fourth-order valence-corrected chi connectivity index (χ4v) is 6.74. The van der Waals surface area contributed by atoms with Gasteiger partial charge in [-0.05, 0) is 49.9 Å². The molecule has 0 saturated carbocycles. The number of fused-ring (bicyclic) bond motifs is 1. The lowest BCUT2D eigenvalue weighted by molar-refractivity contribution is -0.116. The topological polar surface area (TPSA) is 76.1 Å². The van der Waals surface area contributed by atoms with Gasteiger partial charge in [-0.1, -0.05) is 33.2 Å². The molecule has 0 bridgehead atoms. The van der Waals surface area contributed by atoms with Crippen LogP contribution in [-0.2, 0) is 4.79 Å². The summed E-state index contributed by atoms with van der Waals surface area (Å²) in [6, 6.07) is 7.94. The van der Waals surface area contributed by atoms with E-state index in [1.54, 1.807) is 18.2 Å². The van der Waals surface area contributed by atoms with Crippen molar-refractivity contribution in [1.82, 2.24) is 9.97 Å². The van der Waals surface area contributed by atoms with Gasteiger partial charge in [-0.2, -0.15) is 0 Å². The summed E-state index contributed by atoms with van der Waals surface area (Å²) in [6.45, 7) is 2.34. The smallest absolute Gasteiger partial charge is 0.224 e. The summed E-state index contributed by atoms with van der Waals surface area (Å²) in [5.74, 6) is 3.55. The number of rotatable bonds is 9. The molecule has 1 saturated heterocycles. The molecule has 0 spiro atoms. The third kappa shape index (κ3) is 6.22. The van der Waals surface area contributed by atoms with Crippen molar-refractivity contribution in [2.75, 3.05) is 28.7 Å². The second-order valence-electron chi connectivity index (χ2n) is 7.65. The van der Waals surface area contributed by atoms with Crippen LogP contribution >= 0.6 is 33.2 Å². The Morgan fingerprint density at radius 2 is 2.06 bits per heavy atom. The minimum atomic E-state index is -0.494. The molecule has 1 aromatic heterocycles. The average molecular weight is 507 g/mol. The molecule has 10 heteroatoms. The molecule has 0 aliphatic carbocycles. The molecular formula is C23H24ClFN4O2S2. The predicted octanol–water partition coefficient (Wildman–Crippen LogP) is 6.68. The van der Waals surface area contributed by atoms with Crippen LogP contribution in [0.4, 0.5) is 21.6 Å². The largest absolute Gasteiger partial charge is 0.492 e. The molecule has 3 aromatic rings. The first-order chi connectivity index (χ1) is 16.0. The zero-order valence-electron chi connectivity index (χ0n) is 18.1. The van der Waals surface area contributed by atoms with Crippen LogP contribution in [0.15, 0.2) is 36.7 Å². The maximum absolute atomic E-state index is 13.5. The van der Waals surface area contributed by atoms with Crippen molar-refractivity contribution in [3.8, 4) is 5.75 Å². The van der Waals surface area contributed by atoms with E-state index in [9.17, 15) is 9.18 Å². The molecule has 1 amide bonds. The van der Waals surface area contributed by atoms with Gasteiger partial charge in [0.25, 0.3) is 0 Å². The SMILES string of the molecule is CCOc1cc2ncnc(Nc3ccc(F)c(Cl)c3)c2cc1NC(=O)CCCC1CSSC1. The van der Waals surface area contributed by atoms with Gasteiger partial charge in [0.2, 0.25) is 5.91 Å². The Morgan fingerprint density at radius 3 is 2.82 bits per heavy atom. The summed E-state index contributed by atoms with van der Waals surface area (Å²) in [7, 11) is 3.82. The van der Waals surface area contributed by atoms with E-state index in [-0.39, 0.29) is 10.9 Å². The summed E-state index contributed by atoms with van der Waals surface area (Å²) in [6.07, 6.45) is 3.81. The highest BCUT2D eigenvalue weighted by Gasteiger charge is 2.17. The van der Waals surface area contributed by atoms with Gasteiger partial charge in [-0.15, -0.1) is 0 Å². The highest BCUT2D eigenvalue weighted by atomic mass is 35.5. The van der Waals surface area contributed by atoms with Crippen LogP contribution in [-0.4, -0.2) is 34.0 Å². The fraction of sp³-hybridized carbons (Fsp3) is 0.348. The average Bonchev–Trinajstić information content (AvgIpc) is 3.31. The maximum atomic E-state index is 13.5. The summed E-state index contributed by atoms with van der Waals surface area (Å²) in [5, 5.41) is 6.85. The lowest BCUT2D eigenvalue weighted by Crippen LogP contribution is -2.13. The van der Waals surface area contributed by atoms with Gasteiger partial charge in [0.15, 0.2) is 0 Å². The summed E-state index contributed by atoms with van der Waals surface area (Å²) in [4.78, 5) is 21.3. The second kappa shape index (κ2) is 11.3. The fourth-order valence-electron chi connectivity index (χ4n) is 3.53.